The molecule has 2 heterocycles. The summed E-state index contributed by atoms with van der Waals surface area (Å²) in [4.78, 5) is 14.7. The van der Waals surface area contributed by atoms with Gasteiger partial charge in [0.15, 0.2) is 0 Å². The monoisotopic (exact) mass is 324 g/mol. The highest BCUT2D eigenvalue weighted by Gasteiger charge is 2.25. The molecule has 1 aromatic carbocycles. The molecule has 1 fully saturated rings. The maximum atomic E-state index is 12.3. The molecule has 0 saturated carbocycles. The molecule has 24 heavy (non-hydrogen) atoms. The van der Waals surface area contributed by atoms with E-state index in [1.165, 1.54) is 12.8 Å². The number of rotatable bonds is 6. The molecule has 126 valence electrons. The van der Waals surface area contributed by atoms with E-state index in [4.69, 9.17) is 4.42 Å². The van der Waals surface area contributed by atoms with Crippen molar-refractivity contribution in [3.63, 3.8) is 0 Å². The van der Waals surface area contributed by atoms with Crippen LogP contribution in [-0.4, -0.2) is 30.4 Å². The summed E-state index contributed by atoms with van der Waals surface area (Å²) in [5, 5.41) is 3.03. The van der Waals surface area contributed by atoms with E-state index in [0.717, 1.165) is 30.0 Å². The van der Waals surface area contributed by atoms with Crippen LogP contribution in [0, 0.1) is 0 Å². The van der Waals surface area contributed by atoms with Crippen LogP contribution in [0.5, 0.6) is 0 Å². The predicted molar refractivity (Wildman–Crippen MR) is 95.4 cm³/mol. The first kappa shape index (κ1) is 16.5. The Morgan fingerprint density at radius 2 is 1.96 bits per heavy atom. The summed E-state index contributed by atoms with van der Waals surface area (Å²) in [6.07, 6.45) is 5.77. The van der Waals surface area contributed by atoms with Gasteiger partial charge in [-0.3, -0.25) is 9.69 Å². The summed E-state index contributed by atoms with van der Waals surface area (Å²) in [5.41, 5.74) is 2.03. The first-order valence-corrected chi connectivity index (χ1v) is 8.53. The van der Waals surface area contributed by atoms with Gasteiger partial charge in [-0.25, -0.2) is 0 Å². The Morgan fingerprint density at radius 1 is 1.21 bits per heavy atom. The predicted octanol–water partition coefficient (Wildman–Crippen LogP) is 3.64. The maximum absolute atomic E-state index is 12.3. The van der Waals surface area contributed by atoms with Gasteiger partial charge in [0.25, 0.3) is 0 Å². The molecule has 1 aliphatic heterocycles. The number of furan rings is 1. The van der Waals surface area contributed by atoms with Crippen LogP contribution in [0.2, 0.25) is 0 Å². The number of nitrogens with one attached hydrogen (secondary N) is 1. The van der Waals surface area contributed by atoms with Crippen LogP contribution in [0.15, 0.2) is 59.2 Å². The highest BCUT2D eigenvalue weighted by atomic mass is 16.3. The standard InChI is InChI=1S/C20H24N2O2/c1-16(17-8-3-2-4-9-17)14-20(23)21-15-18(19-10-7-13-24-19)22-11-5-6-12-22/h2-4,7-10,13-14,18H,5-6,11-12,15H2,1H3,(H,21,23)/b16-14+. The molecular formula is C20H24N2O2. The number of allylic oxidation sites excluding steroid dienone is 1. The fourth-order valence-electron chi connectivity index (χ4n) is 3.17. The molecule has 1 saturated heterocycles. The van der Waals surface area contributed by atoms with Crippen LogP contribution in [0.3, 0.4) is 0 Å². The Morgan fingerprint density at radius 3 is 2.62 bits per heavy atom. The summed E-state index contributed by atoms with van der Waals surface area (Å²) in [6, 6.07) is 13.9. The quantitative estimate of drug-likeness (QED) is 0.825. The number of benzene rings is 1. The van der Waals surface area contributed by atoms with Gasteiger partial charge in [-0.15, -0.1) is 0 Å². The minimum absolute atomic E-state index is 0.0629. The van der Waals surface area contributed by atoms with Crippen LogP contribution in [-0.2, 0) is 4.79 Å². The molecule has 1 N–H and O–H groups in total. The second kappa shape index (κ2) is 7.97. The average Bonchev–Trinajstić information content (AvgIpc) is 3.30. The minimum Gasteiger partial charge on any atom is -0.468 e. The Labute approximate surface area is 143 Å². The number of likely N-dealkylation sites (tertiary alicyclic amines) is 1. The van der Waals surface area contributed by atoms with Crippen LogP contribution < -0.4 is 5.32 Å². The second-order valence-corrected chi connectivity index (χ2v) is 6.21. The minimum atomic E-state index is -0.0629. The topological polar surface area (TPSA) is 45.5 Å². The van der Waals surface area contributed by atoms with Gasteiger partial charge in [-0.05, 0) is 56.1 Å². The van der Waals surface area contributed by atoms with Gasteiger partial charge in [0.05, 0.1) is 12.3 Å². The molecule has 1 amide bonds. The number of hydrogen-bond acceptors (Lipinski definition) is 3. The molecule has 1 aliphatic rings. The van der Waals surface area contributed by atoms with Gasteiger partial charge >= 0.3 is 0 Å². The van der Waals surface area contributed by atoms with Gasteiger partial charge in [0.1, 0.15) is 5.76 Å². The molecule has 4 heteroatoms. The van der Waals surface area contributed by atoms with Crippen molar-refractivity contribution in [2.45, 2.75) is 25.8 Å². The molecule has 2 aromatic rings. The fraction of sp³-hybridized carbons (Fsp3) is 0.350. The second-order valence-electron chi connectivity index (χ2n) is 6.21. The molecule has 0 radical (unpaired) electrons. The van der Waals surface area contributed by atoms with E-state index in [-0.39, 0.29) is 11.9 Å². The highest BCUT2D eigenvalue weighted by molar-refractivity contribution is 5.94. The lowest BCUT2D eigenvalue weighted by Crippen LogP contribution is -2.36. The molecule has 0 aliphatic carbocycles. The summed E-state index contributed by atoms with van der Waals surface area (Å²) in [7, 11) is 0. The van der Waals surface area contributed by atoms with Crippen molar-refractivity contribution in [1.29, 1.82) is 0 Å². The third-order valence-corrected chi connectivity index (χ3v) is 4.50. The van der Waals surface area contributed by atoms with E-state index >= 15 is 0 Å². The molecule has 1 unspecified atom stereocenters. The normalized spacial score (nSPS) is 17.0. The van der Waals surface area contributed by atoms with Crippen LogP contribution >= 0.6 is 0 Å². The van der Waals surface area contributed by atoms with Crippen molar-refractivity contribution < 1.29 is 9.21 Å². The Balaban J connectivity index is 1.63. The van der Waals surface area contributed by atoms with Crippen molar-refractivity contribution in [2.24, 2.45) is 0 Å². The van der Waals surface area contributed by atoms with Crippen molar-refractivity contribution in [1.82, 2.24) is 10.2 Å². The van der Waals surface area contributed by atoms with E-state index in [0.29, 0.717) is 6.54 Å². The van der Waals surface area contributed by atoms with Crippen LogP contribution in [0.25, 0.3) is 5.57 Å². The third kappa shape index (κ3) is 4.15. The van der Waals surface area contributed by atoms with Gasteiger partial charge < -0.3 is 9.73 Å². The summed E-state index contributed by atoms with van der Waals surface area (Å²) < 4.78 is 5.58. The van der Waals surface area contributed by atoms with E-state index in [9.17, 15) is 4.79 Å². The smallest absolute Gasteiger partial charge is 0.244 e. The summed E-state index contributed by atoms with van der Waals surface area (Å²) >= 11 is 0. The fourth-order valence-corrected chi connectivity index (χ4v) is 3.17. The largest absolute Gasteiger partial charge is 0.468 e. The van der Waals surface area contributed by atoms with E-state index in [1.807, 2.05) is 49.4 Å². The third-order valence-electron chi connectivity index (χ3n) is 4.50. The molecule has 0 spiro atoms. The van der Waals surface area contributed by atoms with Crippen molar-refractivity contribution in [3.8, 4) is 0 Å². The van der Waals surface area contributed by atoms with Gasteiger partial charge in [0.2, 0.25) is 5.91 Å². The van der Waals surface area contributed by atoms with Crippen LogP contribution in [0.1, 0.15) is 37.1 Å². The molecule has 4 nitrogen and oxygen atoms in total. The van der Waals surface area contributed by atoms with E-state index in [2.05, 4.69) is 10.2 Å². The van der Waals surface area contributed by atoms with Gasteiger partial charge in [-0.2, -0.15) is 0 Å². The zero-order chi connectivity index (χ0) is 16.8. The zero-order valence-corrected chi connectivity index (χ0v) is 14.1. The number of carbonyl (C=O) groups excluding carboxylic acids is 1. The number of nitrogens with zero attached hydrogens (tertiary/aromatic N) is 1. The molecule has 0 bridgehead atoms. The zero-order valence-electron chi connectivity index (χ0n) is 14.1. The molecule has 3 rings (SSSR count). The van der Waals surface area contributed by atoms with Gasteiger partial charge in [-0.1, -0.05) is 30.3 Å². The maximum Gasteiger partial charge on any atom is 0.244 e. The summed E-state index contributed by atoms with van der Waals surface area (Å²) in [5.74, 6) is 0.855. The SMILES string of the molecule is C/C(=C\C(=O)NCC(c1ccco1)N1CCCC1)c1ccccc1. The first-order chi connectivity index (χ1) is 11.7. The Hall–Kier alpha value is -2.33. The van der Waals surface area contributed by atoms with E-state index < -0.39 is 0 Å². The Kier molecular flexibility index (Phi) is 5.49. The molecule has 1 aromatic heterocycles. The lowest BCUT2D eigenvalue weighted by molar-refractivity contribution is -0.116. The van der Waals surface area contributed by atoms with Crippen LogP contribution in [0.4, 0.5) is 0 Å². The first-order valence-electron chi connectivity index (χ1n) is 8.53. The average molecular weight is 324 g/mol. The lowest BCUT2D eigenvalue weighted by Gasteiger charge is -2.25. The van der Waals surface area contributed by atoms with Gasteiger partial charge in [0, 0.05) is 12.6 Å². The van der Waals surface area contributed by atoms with Crippen molar-refractivity contribution >= 4 is 11.5 Å². The van der Waals surface area contributed by atoms with Crippen molar-refractivity contribution in [3.05, 3.63) is 66.1 Å². The number of amides is 1. The van der Waals surface area contributed by atoms with Crippen molar-refractivity contribution in [2.75, 3.05) is 19.6 Å². The van der Waals surface area contributed by atoms with E-state index in [1.54, 1.807) is 12.3 Å². The number of hydrogen-bond donors (Lipinski definition) is 1. The Bertz CT molecular complexity index is 671. The molecule has 1 atom stereocenters. The highest BCUT2D eigenvalue weighted by Crippen LogP contribution is 2.24. The lowest BCUT2D eigenvalue weighted by atomic mass is 10.1. The number of carbonyl (C=O) groups is 1. The molecular weight excluding hydrogens is 300 g/mol. The summed E-state index contributed by atoms with van der Waals surface area (Å²) in [6.45, 7) is 4.63.